The van der Waals surface area contributed by atoms with E-state index < -0.39 is 108 Å². The van der Waals surface area contributed by atoms with Crippen LogP contribution in [0.5, 0.6) is 0 Å². The number of nitrogens with zero attached hydrogens (tertiary/aromatic N) is 6. The van der Waals surface area contributed by atoms with E-state index in [1.54, 1.807) is 69.3 Å². The van der Waals surface area contributed by atoms with E-state index in [1.165, 1.54) is 67.7 Å². The van der Waals surface area contributed by atoms with Crippen LogP contribution in [0, 0.1) is 17.5 Å². The van der Waals surface area contributed by atoms with Crippen molar-refractivity contribution in [2.75, 3.05) is 51.3 Å². The second kappa shape index (κ2) is 39.8. The largest absolute Gasteiger partial charge is 0.481 e. The Labute approximate surface area is 693 Å². The van der Waals surface area contributed by atoms with Crippen molar-refractivity contribution < 1.29 is 97.3 Å². The third kappa shape index (κ3) is 26.7. The van der Waals surface area contributed by atoms with Crippen LogP contribution < -0.4 is 12.9 Å². The van der Waals surface area contributed by atoms with Crippen molar-refractivity contribution in [3.8, 4) is 33.4 Å². The van der Waals surface area contributed by atoms with Crippen LogP contribution in [0.3, 0.4) is 0 Å². The van der Waals surface area contributed by atoms with Gasteiger partial charge in [0.05, 0.1) is 91.7 Å². The van der Waals surface area contributed by atoms with Gasteiger partial charge in [-0.15, -0.1) is 12.4 Å². The minimum absolute atomic E-state index is 0. The molecule has 6 atom stereocenters. The molecule has 0 amide bonds. The van der Waals surface area contributed by atoms with Crippen LogP contribution in [0.4, 0.5) is 30.6 Å². The molecule has 0 spiro atoms. The maximum atomic E-state index is 14.0. The number of rotatable bonds is 25. The molecular weight excluding hydrogens is 1590 g/mol. The number of hydrogen-bond donors (Lipinski definition) is 5. The number of ether oxygens (including phenoxy) is 4. The fourth-order valence-electron chi connectivity index (χ4n) is 14.6. The van der Waals surface area contributed by atoms with E-state index in [4.69, 9.17) is 39.0 Å². The molecule has 7 heterocycles. The van der Waals surface area contributed by atoms with E-state index in [-0.39, 0.29) is 73.7 Å². The van der Waals surface area contributed by atoms with Crippen molar-refractivity contribution in [2.24, 2.45) is 0 Å². The van der Waals surface area contributed by atoms with Gasteiger partial charge in [-0.1, -0.05) is 114 Å². The third-order valence-corrected chi connectivity index (χ3v) is 22.7. The van der Waals surface area contributed by atoms with E-state index in [1.807, 2.05) is 88.3 Å². The lowest BCUT2D eigenvalue weighted by molar-refractivity contribution is -0.290. The highest BCUT2D eigenvalue weighted by Gasteiger charge is 2.39. The number of carboxylic acid groups (broad SMARTS) is 1. The summed E-state index contributed by atoms with van der Waals surface area (Å²) in [7, 11) is -10.7. The number of anilines is 3. The van der Waals surface area contributed by atoms with Gasteiger partial charge in [0.25, 0.3) is 0 Å². The molecule has 5 N–H and O–H groups in total. The molecule has 24 nitrogen and oxygen atoms in total. The second-order valence-corrected chi connectivity index (χ2v) is 39.0. The molecule has 117 heavy (non-hydrogen) atoms. The Hall–Kier alpha value is -8.17. The molecule has 3 aromatic carbocycles. The molecule has 10 rings (SSSR count). The van der Waals surface area contributed by atoms with Crippen molar-refractivity contribution in [1.82, 2.24) is 15.0 Å². The SMILES string of the molecule is CC(C)c1nc2c(c(-c3ccc(F)cc3)c1/C=C/[C@@H](O)C[C@@H](O)CC(=O)O)CCCN2S(C)(=O)=O.CC(C)c1nc2c(c(-c3ccc(F)cc3)c1/C=C/[C@@H](O)C[C@@H](O)CC(=O)OC(C)(C)C)CCCN2S(C)(=O)=O.CC(C)c1nc2c(c(-c3ccc(F)cc3)c1/C=C/[C@@H]1C[C@H](CC(=O)OC(C)(C)C)OC(C)(C)O1)CCCN2S(C)(=O)=O.Cl. The maximum Gasteiger partial charge on any atom is 0.308 e. The highest BCUT2D eigenvalue weighted by Crippen LogP contribution is 2.46. The van der Waals surface area contributed by atoms with Crippen LogP contribution >= 0.6 is 12.4 Å². The number of esters is 2. The van der Waals surface area contributed by atoms with Gasteiger partial charge in [-0.3, -0.25) is 27.3 Å². The Bertz CT molecular complexity index is 4960. The van der Waals surface area contributed by atoms with Crippen molar-refractivity contribution in [3.05, 3.63) is 159 Å². The summed E-state index contributed by atoms with van der Waals surface area (Å²) in [6.07, 6.45) is 11.7. The lowest BCUT2D eigenvalue weighted by Gasteiger charge is -2.40. The van der Waals surface area contributed by atoms with E-state index in [9.17, 15) is 73.2 Å². The average molecular weight is 1710 g/mol. The number of carbonyl (C=O) groups is 3. The van der Waals surface area contributed by atoms with Crippen LogP contribution in [-0.2, 0) is 82.7 Å². The van der Waals surface area contributed by atoms with E-state index in [0.29, 0.717) is 121 Å². The molecule has 31 heteroatoms. The van der Waals surface area contributed by atoms with Gasteiger partial charge in [-0.2, -0.15) is 0 Å². The van der Waals surface area contributed by atoms with E-state index in [2.05, 4.69) is 0 Å². The van der Waals surface area contributed by atoms with Crippen molar-refractivity contribution >= 4 is 96.1 Å². The molecule has 642 valence electrons. The predicted molar refractivity (Wildman–Crippen MR) is 452 cm³/mol. The van der Waals surface area contributed by atoms with Crippen LogP contribution in [0.2, 0.25) is 0 Å². The molecule has 4 aliphatic rings. The fourth-order valence-corrected chi connectivity index (χ4v) is 17.4. The van der Waals surface area contributed by atoms with Gasteiger partial charge in [-0.25, -0.2) is 53.4 Å². The van der Waals surface area contributed by atoms with Crippen molar-refractivity contribution in [2.45, 2.75) is 245 Å². The average Bonchev–Trinajstić information content (AvgIpc) is 0.757. The number of halogens is 4. The Morgan fingerprint density at radius 3 is 1.15 bits per heavy atom. The summed E-state index contributed by atoms with van der Waals surface area (Å²) in [5.41, 5.74) is 9.60. The highest BCUT2D eigenvalue weighted by atomic mass is 35.5. The summed E-state index contributed by atoms with van der Waals surface area (Å²) in [5.74, 6) is -3.21. The van der Waals surface area contributed by atoms with Gasteiger partial charge in [0, 0.05) is 72.3 Å². The van der Waals surface area contributed by atoms with Gasteiger partial charge in [0.1, 0.15) is 46.1 Å². The number of pyridine rings is 3. The van der Waals surface area contributed by atoms with Gasteiger partial charge < -0.3 is 44.5 Å². The molecule has 1 saturated heterocycles. The van der Waals surface area contributed by atoms with Crippen molar-refractivity contribution in [1.29, 1.82) is 0 Å². The number of carboxylic acids is 1. The van der Waals surface area contributed by atoms with Crippen LogP contribution in [-0.4, -0.2) is 176 Å². The lowest BCUT2D eigenvalue weighted by atomic mass is 9.87. The number of sulfonamides is 3. The smallest absolute Gasteiger partial charge is 0.308 e. The first-order valence-corrected chi connectivity index (χ1v) is 44.6. The topological polar surface area (TPSA) is 340 Å². The Morgan fingerprint density at radius 2 is 0.838 bits per heavy atom. The normalized spacial score (nSPS) is 17.6. The molecule has 6 aromatic rings. The predicted octanol–water partition coefficient (Wildman–Crippen LogP) is 14.7. The number of aromatic nitrogens is 3. The number of aliphatic carboxylic acids is 1. The fraction of sp³-hybridized carbons (Fsp3) is 0.512. The minimum Gasteiger partial charge on any atom is -0.481 e. The molecule has 3 aromatic heterocycles. The number of aliphatic hydroxyl groups is 4. The number of benzene rings is 3. The van der Waals surface area contributed by atoms with Gasteiger partial charge in [0.15, 0.2) is 5.79 Å². The number of aliphatic hydroxyl groups excluding tert-OH is 4. The van der Waals surface area contributed by atoms with Gasteiger partial charge in [-0.05, 0) is 181 Å². The summed E-state index contributed by atoms with van der Waals surface area (Å²) >= 11 is 0. The van der Waals surface area contributed by atoms with Crippen LogP contribution in [0.25, 0.3) is 51.6 Å². The number of carbonyl (C=O) groups excluding carboxylic acids is 2. The van der Waals surface area contributed by atoms with Crippen LogP contribution in [0.15, 0.2) is 91.0 Å². The van der Waals surface area contributed by atoms with Gasteiger partial charge >= 0.3 is 17.9 Å². The third-order valence-electron chi connectivity index (χ3n) is 19.2. The van der Waals surface area contributed by atoms with Crippen molar-refractivity contribution in [3.63, 3.8) is 0 Å². The van der Waals surface area contributed by atoms with Crippen LogP contribution in [0.1, 0.15) is 223 Å². The first kappa shape index (κ1) is 96.0. The first-order valence-electron chi connectivity index (χ1n) is 39.1. The molecule has 1 fully saturated rings. The van der Waals surface area contributed by atoms with E-state index >= 15 is 0 Å². The summed E-state index contributed by atoms with van der Waals surface area (Å²) in [4.78, 5) is 49.9. The first-order chi connectivity index (χ1) is 53.9. The molecule has 4 aliphatic heterocycles. The zero-order chi connectivity index (χ0) is 86.1. The zero-order valence-corrected chi connectivity index (χ0v) is 73.0. The Kier molecular flexibility index (Phi) is 32.6. The second-order valence-electron chi connectivity index (χ2n) is 33.3. The minimum atomic E-state index is -3.57. The van der Waals surface area contributed by atoms with Gasteiger partial charge in [0.2, 0.25) is 30.1 Å². The Balaban J connectivity index is 0.000000242. The molecule has 0 aliphatic carbocycles. The summed E-state index contributed by atoms with van der Waals surface area (Å²) < 4.78 is 144. The Morgan fingerprint density at radius 1 is 0.521 bits per heavy atom. The highest BCUT2D eigenvalue weighted by molar-refractivity contribution is 7.92. The zero-order valence-electron chi connectivity index (χ0n) is 69.7. The standard InChI is InChI=1S/C32H43FN2O6S.C29H39FN2O6S.C25H31FN2O6S.ClH/c1-20(2)29-25(16-15-23-18-24(40-32(6,7)39-23)19-27(36)41-31(3,4)5)28(21-11-13-22(33)14-12-21)26-10-9-17-35(30(26)34-29)42(8,37)38;1-18(2)27-23(14-13-21(33)16-22(34)17-25(35)38-29(3,4)5)26(19-9-11-20(30)12-10-19)24-8-7-15-32(28(24)31-27)39(6,36)37;1-15(2)24-20(11-10-18(29)13-19(30)14-22(31)32)23(16-6-8-17(26)9-7-16)21-5-4-12-28(25(21)27-24)35(3,33)34;/h11-16,20,23-24H,9-10,17-19H2,1-8H3;9-14,18,21-22,33-34H,7-8,15-17H2,1-6H3;6-11,15,18-19,29-30H,4-5,12-14H2,1-3H3,(H,31,32);1H/b16-15+;14-13+;11-10+;/t23-,24-;21-,22-;18-,19-;/m111./s1. The monoisotopic (exact) mass is 1710 g/mol. The maximum absolute atomic E-state index is 14.0. The number of fused-ring (bicyclic) bond motifs is 3. The molecule has 0 saturated carbocycles. The molecule has 0 unspecified atom stereocenters. The summed E-state index contributed by atoms with van der Waals surface area (Å²) in [6, 6.07) is 18.2. The molecule has 0 bridgehead atoms. The summed E-state index contributed by atoms with van der Waals surface area (Å²) in [6.45, 7) is 27.1. The molecule has 0 radical (unpaired) electrons. The lowest BCUT2D eigenvalue weighted by Crippen LogP contribution is -2.45. The van der Waals surface area contributed by atoms with E-state index in [0.717, 1.165) is 57.1 Å². The quantitative estimate of drug-likeness (QED) is 0.0332. The summed E-state index contributed by atoms with van der Waals surface area (Å²) in [5, 5.41) is 50.1. The molecular formula is C86H114ClF3N6O18S3. The number of hydrogen-bond acceptors (Lipinski definition) is 20.